The maximum absolute atomic E-state index is 12.1. The molecule has 2 heterocycles. The quantitative estimate of drug-likeness (QED) is 0.672. The first kappa shape index (κ1) is 18.2. The lowest BCUT2D eigenvalue weighted by molar-refractivity contribution is -0.111. The number of aryl methyl sites for hydroxylation is 1. The first-order valence-corrected chi connectivity index (χ1v) is 8.62. The number of nitrogens with one attached hydrogen (secondary N) is 1. The van der Waals surface area contributed by atoms with Crippen molar-refractivity contribution in [3.63, 3.8) is 0 Å². The van der Waals surface area contributed by atoms with Gasteiger partial charge in [-0.1, -0.05) is 29.3 Å². The summed E-state index contributed by atoms with van der Waals surface area (Å²) in [5.74, 6) is -0.234. The molecule has 134 valence electrons. The van der Waals surface area contributed by atoms with Gasteiger partial charge in [-0.05, 0) is 30.7 Å². The van der Waals surface area contributed by atoms with Gasteiger partial charge in [-0.15, -0.1) is 0 Å². The summed E-state index contributed by atoms with van der Waals surface area (Å²) in [5, 5.41) is 12.2. The Kier molecular flexibility index (Phi) is 5.44. The fourth-order valence-electron chi connectivity index (χ4n) is 2.37. The second-order valence-corrected chi connectivity index (χ2v) is 6.62. The van der Waals surface area contributed by atoms with Crippen molar-refractivity contribution in [2.24, 2.45) is 7.05 Å². The van der Waals surface area contributed by atoms with E-state index >= 15 is 0 Å². The Bertz CT molecular complexity index is 974. The second kappa shape index (κ2) is 7.76. The predicted molar refractivity (Wildman–Crippen MR) is 103 cm³/mol. The number of anilines is 1. The number of aromatic nitrogens is 4. The molecule has 0 atom stereocenters. The molecule has 1 N–H and O–H groups in total. The lowest BCUT2D eigenvalue weighted by Gasteiger charge is -2.03. The Balaban J connectivity index is 1.61. The molecular weight excluding hydrogens is 373 g/mol. The number of amides is 1. The zero-order valence-corrected chi connectivity index (χ0v) is 15.8. The average Bonchev–Trinajstić information content (AvgIpc) is 3.17. The van der Waals surface area contributed by atoms with Crippen molar-refractivity contribution >= 4 is 40.9 Å². The fourth-order valence-corrected chi connectivity index (χ4v) is 2.69. The third-order valence-corrected chi connectivity index (χ3v) is 4.66. The van der Waals surface area contributed by atoms with Gasteiger partial charge in [0.1, 0.15) is 0 Å². The maximum atomic E-state index is 12.1. The second-order valence-electron chi connectivity index (χ2n) is 5.81. The minimum Gasteiger partial charge on any atom is -0.320 e. The van der Waals surface area contributed by atoms with Crippen molar-refractivity contribution in [2.75, 3.05) is 5.32 Å². The van der Waals surface area contributed by atoms with E-state index in [2.05, 4.69) is 15.5 Å². The summed E-state index contributed by atoms with van der Waals surface area (Å²) >= 11 is 11.9. The average molecular weight is 390 g/mol. The SMILES string of the molecule is Cc1c(/C=C\C(=O)Nc2cnn(Cc3ccc(Cl)c(Cl)c3)c2)cnn1C. The number of benzene rings is 1. The molecule has 8 heteroatoms. The smallest absolute Gasteiger partial charge is 0.248 e. The zero-order valence-electron chi connectivity index (χ0n) is 14.3. The van der Waals surface area contributed by atoms with Crippen LogP contribution in [0.15, 0.2) is 42.9 Å². The van der Waals surface area contributed by atoms with Crippen LogP contribution in [0, 0.1) is 6.92 Å². The van der Waals surface area contributed by atoms with Crippen LogP contribution in [0.5, 0.6) is 0 Å². The summed E-state index contributed by atoms with van der Waals surface area (Å²) in [5.41, 5.74) is 3.47. The summed E-state index contributed by atoms with van der Waals surface area (Å²) in [7, 11) is 1.86. The molecule has 0 saturated carbocycles. The van der Waals surface area contributed by atoms with E-state index in [4.69, 9.17) is 23.2 Å². The van der Waals surface area contributed by atoms with Crippen molar-refractivity contribution in [3.8, 4) is 0 Å². The molecule has 26 heavy (non-hydrogen) atoms. The van der Waals surface area contributed by atoms with Crippen LogP contribution in [0.4, 0.5) is 5.69 Å². The molecule has 2 aromatic heterocycles. The van der Waals surface area contributed by atoms with E-state index < -0.39 is 0 Å². The Morgan fingerprint density at radius 1 is 1.23 bits per heavy atom. The third-order valence-electron chi connectivity index (χ3n) is 3.92. The molecule has 3 aromatic rings. The Labute approximate surface area is 161 Å². The molecule has 0 aliphatic heterocycles. The number of carbonyl (C=O) groups excluding carboxylic acids is 1. The molecule has 3 rings (SSSR count). The van der Waals surface area contributed by atoms with E-state index in [-0.39, 0.29) is 5.91 Å². The number of rotatable bonds is 5. The minimum absolute atomic E-state index is 0.234. The molecule has 6 nitrogen and oxygen atoms in total. The molecule has 0 bridgehead atoms. The van der Waals surface area contributed by atoms with E-state index in [0.717, 1.165) is 16.8 Å². The Morgan fingerprint density at radius 2 is 2.04 bits per heavy atom. The van der Waals surface area contributed by atoms with Gasteiger partial charge in [-0.25, -0.2) is 0 Å². The molecule has 0 aliphatic carbocycles. The molecule has 0 radical (unpaired) electrons. The molecule has 1 amide bonds. The lowest BCUT2D eigenvalue weighted by atomic mass is 10.2. The van der Waals surface area contributed by atoms with Gasteiger partial charge in [0.2, 0.25) is 5.91 Å². The minimum atomic E-state index is -0.234. The van der Waals surface area contributed by atoms with Crippen molar-refractivity contribution in [1.82, 2.24) is 19.6 Å². The third kappa shape index (κ3) is 4.33. The molecular formula is C18H17Cl2N5O. The first-order chi connectivity index (χ1) is 12.4. The highest BCUT2D eigenvalue weighted by Crippen LogP contribution is 2.23. The van der Waals surface area contributed by atoms with E-state index in [1.54, 1.807) is 46.2 Å². The van der Waals surface area contributed by atoms with E-state index in [1.165, 1.54) is 6.08 Å². The summed E-state index contributed by atoms with van der Waals surface area (Å²) in [6, 6.07) is 5.42. The largest absolute Gasteiger partial charge is 0.320 e. The summed E-state index contributed by atoms with van der Waals surface area (Å²) in [6.07, 6.45) is 8.27. The number of nitrogens with zero attached hydrogens (tertiary/aromatic N) is 4. The van der Waals surface area contributed by atoms with Crippen LogP contribution in [0.25, 0.3) is 6.08 Å². The monoisotopic (exact) mass is 389 g/mol. The van der Waals surface area contributed by atoms with Gasteiger partial charge >= 0.3 is 0 Å². The van der Waals surface area contributed by atoms with Crippen molar-refractivity contribution < 1.29 is 4.79 Å². The van der Waals surface area contributed by atoms with Gasteiger partial charge in [0.25, 0.3) is 0 Å². The number of halogens is 2. The van der Waals surface area contributed by atoms with E-state index in [9.17, 15) is 4.79 Å². The molecule has 0 fully saturated rings. The normalized spacial score (nSPS) is 11.2. The van der Waals surface area contributed by atoms with Gasteiger partial charge in [0.15, 0.2) is 0 Å². The van der Waals surface area contributed by atoms with Crippen molar-refractivity contribution in [1.29, 1.82) is 0 Å². The van der Waals surface area contributed by atoms with Gasteiger partial charge in [-0.2, -0.15) is 10.2 Å². The maximum Gasteiger partial charge on any atom is 0.248 e. The van der Waals surface area contributed by atoms with E-state index in [0.29, 0.717) is 22.3 Å². The number of hydrogen-bond donors (Lipinski definition) is 1. The first-order valence-electron chi connectivity index (χ1n) is 7.86. The van der Waals surface area contributed by atoms with Crippen LogP contribution in [0.2, 0.25) is 10.0 Å². The zero-order chi connectivity index (χ0) is 18.7. The van der Waals surface area contributed by atoms with Gasteiger partial charge < -0.3 is 5.32 Å². The number of carbonyl (C=O) groups is 1. The highest BCUT2D eigenvalue weighted by Gasteiger charge is 2.05. The standard InChI is InChI=1S/C18H17Cl2N5O/c1-12-14(8-21-24(12)2)4-6-18(26)23-15-9-22-25(11-15)10-13-3-5-16(19)17(20)7-13/h3-9,11H,10H2,1-2H3,(H,23,26)/b6-4-. The van der Waals surface area contributed by atoms with Crippen LogP contribution >= 0.6 is 23.2 Å². The lowest BCUT2D eigenvalue weighted by Crippen LogP contribution is -2.07. The van der Waals surface area contributed by atoms with E-state index in [1.807, 2.05) is 20.0 Å². The van der Waals surface area contributed by atoms with Gasteiger partial charge in [0.05, 0.1) is 34.7 Å². The van der Waals surface area contributed by atoms with Crippen LogP contribution in [0.1, 0.15) is 16.8 Å². The fraction of sp³-hybridized carbons (Fsp3) is 0.167. The molecule has 0 spiro atoms. The summed E-state index contributed by atoms with van der Waals surface area (Å²) < 4.78 is 3.47. The predicted octanol–water partition coefficient (Wildman–Crippen LogP) is 3.93. The van der Waals surface area contributed by atoms with Crippen LogP contribution in [-0.4, -0.2) is 25.5 Å². The molecule has 0 aliphatic rings. The Hall–Kier alpha value is -2.57. The van der Waals surface area contributed by atoms with Gasteiger partial charge in [0, 0.05) is 30.6 Å². The topological polar surface area (TPSA) is 64.7 Å². The number of hydrogen-bond acceptors (Lipinski definition) is 3. The van der Waals surface area contributed by atoms with Crippen LogP contribution < -0.4 is 5.32 Å². The van der Waals surface area contributed by atoms with Crippen molar-refractivity contribution in [3.05, 3.63) is 69.7 Å². The van der Waals surface area contributed by atoms with Crippen LogP contribution in [-0.2, 0) is 18.4 Å². The molecule has 0 unspecified atom stereocenters. The Morgan fingerprint density at radius 3 is 2.73 bits per heavy atom. The van der Waals surface area contributed by atoms with Crippen LogP contribution in [0.3, 0.4) is 0 Å². The highest BCUT2D eigenvalue weighted by molar-refractivity contribution is 6.42. The summed E-state index contributed by atoms with van der Waals surface area (Å²) in [4.78, 5) is 12.1. The molecule has 0 saturated heterocycles. The van der Waals surface area contributed by atoms with Gasteiger partial charge in [-0.3, -0.25) is 14.2 Å². The molecule has 1 aromatic carbocycles. The van der Waals surface area contributed by atoms with Crippen molar-refractivity contribution in [2.45, 2.75) is 13.5 Å². The summed E-state index contributed by atoms with van der Waals surface area (Å²) in [6.45, 7) is 2.47. The highest BCUT2D eigenvalue weighted by atomic mass is 35.5.